The number of nitrogens with one attached hydrogen (secondary N) is 1. The van der Waals surface area contributed by atoms with Gasteiger partial charge in [-0.25, -0.2) is 18.6 Å². The second-order valence-electron chi connectivity index (χ2n) is 9.43. The second-order valence-corrected chi connectivity index (χ2v) is 13.5. The van der Waals surface area contributed by atoms with Gasteiger partial charge < -0.3 is 9.73 Å². The summed E-state index contributed by atoms with van der Waals surface area (Å²) in [7, 11) is -7.38. The topological polar surface area (TPSA) is 130 Å². The van der Waals surface area contributed by atoms with E-state index in [0.29, 0.717) is 18.3 Å². The molecule has 0 amide bonds. The van der Waals surface area contributed by atoms with Crippen LogP contribution < -0.4 is 45.3 Å². The molecule has 6 aromatic rings. The van der Waals surface area contributed by atoms with Gasteiger partial charge in [0.25, 0.3) is 11.3 Å². The highest BCUT2D eigenvalue weighted by Crippen LogP contribution is 2.55. The monoisotopic (exact) mass is 610 g/mol. The Balaban J connectivity index is 0.000000682. The third kappa shape index (κ3) is 7.37. The highest BCUT2D eigenvalue weighted by atomic mass is 35.7. The highest BCUT2D eigenvalue weighted by Gasteiger charge is 2.53. The Bertz CT molecular complexity index is 1600. The lowest BCUT2D eigenvalue weighted by Gasteiger charge is -2.25. The maximum absolute atomic E-state index is 8.49. The molecule has 0 aliphatic heterocycles. The van der Waals surface area contributed by atoms with Gasteiger partial charge in [0.1, 0.15) is 15.9 Å². The average Bonchev–Trinajstić information content (AvgIpc) is 3.47. The molecule has 7 nitrogen and oxygen atoms in total. The van der Waals surface area contributed by atoms with Crippen LogP contribution in [0, 0.1) is 10.2 Å². The quantitative estimate of drug-likeness (QED) is 0.260. The zero-order valence-corrected chi connectivity index (χ0v) is 24.6. The van der Waals surface area contributed by atoms with Crippen LogP contribution in [0.4, 0.5) is 5.88 Å². The summed E-state index contributed by atoms with van der Waals surface area (Å²) in [5.74, 6) is 1.32. The fourth-order valence-corrected chi connectivity index (χ4v) is 9.06. The fraction of sp³-hybridized carbons (Fsp3) is 0.0294. The smallest absolute Gasteiger partial charge is 0.261 e. The third-order valence-corrected chi connectivity index (χ3v) is 10.8. The first-order valence-electron chi connectivity index (χ1n) is 13.4. The first-order chi connectivity index (χ1) is 20.9. The molecule has 0 aliphatic rings. The number of aromatic nitrogens is 1. The predicted octanol–water partition coefficient (Wildman–Crippen LogP) is 1.82. The Morgan fingerprint density at radius 1 is 0.558 bits per heavy atom. The molecule has 216 valence electrons. The van der Waals surface area contributed by atoms with E-state index >= 15 is 0 Å². The molecule has 0 saturated carbocycles. The lowest BCUT2D eigenvalue weighted by molar-refractivity contribution is -2.00. The summed E-state index contributed by atoms with van der Waals surface area (Å²) in [5, 5.41) is 7.32. The van der Waals surface area contributed by atoms with Crippen LogP contribution in [0.1, 0.15) is 5.56 Å². The van der Waals surface area contributed by atoms with E-state index in [1.165, 1.54) is 21.5 Å². The molecule has 5 aromatic carbocycles. The van der Waals surface area contributed by atoms with Crippen molar-refractivity contribution in [2.24, 2.45) is 0 Å². The van der Waals surface area contributed by atoms with Gasteiger partial charge in [0.15, 0.2) is 7.26 Å². The predicted molar refractivity (Wildman–Crippen MR) is 160 cm³/mol. The van der Waals surface area contributed by atoms with E-state index in [1.807, 2.05) is 36.4 Å². The highest BCUT2D eigenvalue weighted by molar-refractivity contribution is 8.01. The largest absolute Gasteiger partial charge is 0.416 e. The van der Waals surface area contributed by atoms with Gasteiger partial charge in [-0.05, 0) is 54.1 Å². The van der Waals surface area contributed by atoms with Crippen LogP contribution in [-0.2, 0) is 6.54 Å². The van der Waals surface area contributed by atoms with E-state index in [0.717, 1.165) is 11.0 Å². The first kappa shape index (κ1) is 30.1. The number of nitrogens with zero attached hydrogens (tertiary/aromatic N) is 1. The Hall–Kier alpha value is -4.33. The summed E-state index contributed by atoms with van der Waals surface area (Å²) in [6.45, 7) is 0.635. The van der Waals surface area contributed by atoms with E-state index in [9.17, 15) is 0 Å². The minimum atomic E-state index is -4.94. The molecule has 0 spiro atoms. The molecule has 0 aliphatic carbocycles. The molecule has 1 N–H and O–H groups in total. The summed E-state index contributed by atoms with van der Waals surface area (Å²) in [6, 6.07) is 52.8. The molecule has 1 aromatic heterocycles. The summed E-state index contributed by atoms with van der Waals surface area (Å²) in [5.41, 5.74) is 3.07. The number of halogens is 1. The van der Waals surface area contributed by atoms with Crippen molar-refractivity contribution >= 4 is 34.5 Å². The van der Waals surface area contributed by atoms with Crippen molar-refractivity contribution < 1.29 is 33.3 Å². The molecule has 0 fully saturated rings. The van der Waals surface area contributed by atoms with Crippen LogP contribution >= 0.6 is 7.26 Å². The zero-order valence-electron chi connectivity index (χ0n) is 23.0. The van der Waals surface area contributed by atoms with Crippen LogP contribution in [0.3, 0.4) is 0 Å². The molecule has 6 rings (SSSR count). The molecule has 9 heteroatoms. The van der Waals surface area contributed by atoms with Crippen molar-refractivity contribution in [3.8, 4) is 11.5 Å². The van der Waals surface area contributed by atoms with Crippen LogP contribution in [-0.4, -0.2) is 4.98 Å². The van der Waals surface area contributed by atoms with Crippen molar-refractivity contribution in [2.45, 2.75) is 6.54 Å². The van der Waals surface area contributed by atoms with Gasteiger partial charge in [-0.15, -0.1) is 10.2 Å². The van der Waals surface area contributed by atoms with Gasteiger partial charge in [-0.2, -0.15) is 4.98 Å². The second kappa shape index (κ2) is 13.8. The summed E-state index contributed by atoms with van der Waals surface area (Å²) >= 11 is 0. The molecule has 0 radical (unpaired) electrons. The average molecular weight is 611 g/mol. The van der Waals surface area contributed by atoms with Crippen LogP contribution in [0.15, 0.2) is 156 Å². The minimum Gasteiger partial charge on any atom is -0.416 e. The molecule has 1 heterocycles. The number of anilines is 1. The van der Waals surface area contributed by atoms with Crippen molar-refractivity contribution in [2.75, 3.05) is 5.32 Å². The summed E-state index contributed by atoms with van der Waals surface area (Å²) in [4.78, 5) is 5.31. The maximum Gasteiger partial charge on any atom is 0.261 e. The van der Waals surface area contributed by atoms with Crippen LogP contribution in [0.2, 0.25) is 0 Å². The minimum absolute atomic E-state index is 0.614. The lowest BCUT2D eigenvalue weighted by atomic mass is 10.2. The Kier molecular flexibility index (Phi) is 9.65. The van der Waals surface area contributed by atoms with Crippen LogP contribution in [0.5, 0.6) is 0 Å². The molecule has 0 saturated heterocycles. The van der Waals surface area contributed by atoms with Crippen molar-refractivity contribution in [3.63, 3.8) is 0 Å². The van der Waals surface area contributed by atoms with Crippen molar-refractivity contribution in [3.05, 3.63) is 157 Å². The van der Waals surface area contributed by atoms with Gasteiger partial charge in [-0.1, -0.05) is 103 Å². The first-order valence-corrected chi connectivity index (χ1v) is 16.4. The van der Waals surface area contributed by atoms with Gasteiger partial charge in [0, 0.05) is 12.1 Å². The number of hydrogen-bond donors (Lipinski definition) is 1. The number of hydrogen-bond acceptors (Lipinski definition) is 7. The molecular formula is C34H28ClN2O5P. The maximum atomic E-state index is 8.49. The van der Waals surface area contributed by atoms with E-state index < -0.39 is 17.5 Å². The van der Waals surface area contributed by atoms with Crippen LogP contribution in [0.25, 0.3) is 11.5 Å². The van der Waals surface area contributed by atoms with Crippen molar-refractivity contribution in [1.82, 2.24) is 4.98 Å². The molecule has 0 unspecified atom stereocenters. The number of rotatable bonds is 8. The lowest BCUT2D eigenvalue weighted by Crippen LogP contribution is -2.68. The van der Waals surface area contributed by atoms with Gasteiger partial charge in [-0.3, -0.25) is 0 Å². The summed E-state index contributed by atoms with van der Waals surface area (Å²) in [6.07, 6.45) is 0. The normalized spacial score (nSPS) is 11.3. The standard InChI is InChI=1S/C34H28N2OP.ClHO4/c1-6-16-27(17-7-1)26-35-33-34(36-32(37-33)28-18-8-2-9-19-28)38(29-20-10-3-11-21-29,30-22-12-4-13-23-30)31-24-14-5-15-25-31;2-1(3,4)5/h1-25,35H,26H2;(H,2,3,4,5)/q+1;/p-1. The van der Waals surface area contributed by atoms with E-state index in [-0.39, 0.29) is 0 Å². The van der Waals surface area contributed by atoms with E-state index in [4.69, 9.17) is 28.0 Å². The van der Waals surface area contributed by atoms with Gasteiger partial charge in [0.05, 0.1) is 0 Å². The Morgan fingerprint density at radius 3 is 1.35 bits per heavy atom. The Labute approximate surface area is 252 Å². The number of benzene rings is 5. The van der Waals surface area contributed by atoms with E-state index in [2.05, 4.69) is 121 Å². The zero-order chi connectivity index (χ0) is 30.1. The summed E-state index contributed by atoms with van der Waals surface area (Å²) < 4.78 is 40.6. The SMILES string of the molecule is [O-][Cl+3]([O-])([O-])[O-].c1ccc(CNc2oc(-c3ccccc3)nc2[P+](c2ccccc2)(c2ccccc2)c2ccccc2)cc1. The number of oxazole rings is 1. The fourth-order valence-electron chi connectivity index (χ4n) is 4.91. The van der Waals surface area contributed by atoms with Crippen molar-refractivity contribution in [1.29, 1.82) is 0 Å². The molecule has 0 bridgehead atoms. The van der Waals surface area contributed by atoms with Gasteiger partial charge >= 0.3 is 0 Å². The Morgan fingerprint density at radius 2 is 0.930 bits per heavy atom. The van der Waals surface area contributed by atoms with Gasteiger partial charge in [0.2, 0.25) is 5.89 Å². The molecule has 0 atom stereocenters. The molecule has 43 heavy (non-hydrogen) atoms. The molecular weight excluding hydrogens is 583 g/mol. The van der Waals surface area contributed by atoms with E-state index in [1.54, 1.807) is 0 Å². The third-order valence-electron chi connectivity index (χ3n) is 6.67.